The fourth-order valence-electron chi connectivity index (χ4n) is 1.91. The Morgan fingerprint density at radius 3 is 2.30 bits per heavy atom. The number of benzene rings is 2. The van der Waals surface area contributed by atoms with Crippen LogP contribution in [0.5, 0.6) is 5.75 Å². The number of ether oxygens (including phenoxy) is 2. The Morgan fingerprint density at radius 1 is 1.05 bits per heavy atom. The van der Waals surface area contributed by atoms with E-state index < -0.39 is 0 Å². The van der Waals surface area contributed by atoms with Gasteiger partial charge in [0.25, 0.3) is 0 Å². The molecule has 0 amide bonds. The predicted octanol–water partition coefficient (Wildman–Crippen LogP) is 3.54. The van der Waals surface area contributed by atoms with E-state index in [2.05, 4.69) is 0 Å². The molecule has 0 saturated heterocycles. The fourth-order valence-corrected chi connectivity index (χ4v) is 1.91. The maximum atomic E-state index is 11.5. The smallest absolute Gasteiger partial charge is 0.312 e. The summed E-state index contributed by atoms with van der Waals surface area (Å²) >= 11 is 0. The predicted molar refractivity (Wildman–Crippen MR) is 77.6 cm³/mol. The Kier molecular flexibility index (Phi) is 4.77. The summed E-state index contributed by atoms with van der Waals surface area (Å²) in [4.78, 5) is 11.5. The number of methoxy groups -OCH3 is 1. The van der Waals surface area contributed by atoms with Gasteiger partial charge in [0.05, 0.1) is 13.0 Å². The van der Waals surface area contributed by atoms with Gasteiger partial charge >= 0.3 is 5.97 Å². The van der Waals surface area contributed by atoms with Crippen LogP contribution in [-0.4, -0.2) is 13.1 Å². The van der Waals surface area contributed by atoms with Crippen LogP contribution in [0.25, 0.3) is 0 Å². The summed E-state index contributed by atoms with van der Waals surface area (Å²) in [5.74, 6) is 0.292. The molecule has 0 aromatic heterocycles. The first-order valence-electron chi connectivity index (χ1n) is 6.55. The van der Waals surface area contributed by atoms with Gasteiger partial charge in [0.2, 0.25) is 0 Å². The van der Waals surface area contributed by atoms with Crippen molar-refractivity contribution in [2.75, 3.05) is 7.11 Å². The van der Waals surface area contributed by atoms with Crippen LogP contribution in [0.1, 0.15) is 24.0 Å². The molecule has 0 aliphatic heterocycles. The van der Waals surface area contributed by atoms with E-state index in [0.29, 0.717) is 6.61 Å². The van der Waals surface area contributed by atoms with Gasteiger partial charge in [-0.1, -0.05) is 42.5 Å². The summed E-state index contributed by atoms with van der Waals surface area (Å²) in [6.45, 7) is 2.36. The number of esters is 1. The van der Waals surface area contributed by atoms with Crippen molar-refractivity contribution in [1.29, 1.82) is 0 Å². The molecule has 3 nitrogen and oxygen atoms in total. The minimum absolute atomic E-state index is 0.233. The van der Waals surface area contributed by atoms with Crippen molar-refractivity contribution in [3.8, 4) is 5.75 Å². The van der Waals surface area contributed by atoms with Crippen LogP contribution in [0, 0.1) is 0 Å². The Balaban J connectivity index is 1.96. The minimum atomic E-state index is -0.261. The molecule has 0 N–H and O–H groups in total. The van der Waals surface area contributed by atoms with Crippen molar-refractivity contribution in [3.05, 3.63) is 65.7 Å². The average Bonchev–Trinajstić information content (AvgIpc) is 2.53. The van der Waals surface area contributed by atoms with Gasteiger partial charge in [-0.05, 0) is 30.2 Å². The van der Waals surface area contributed by atoms with Gasteiger partial charge in [0.1, 0.15) is 12.4 Å². The van der Waals surface area contributed by atoms with Gasteiger partial charge in [-0.15, -0.1) is 0 Å². The van der Waals surface area contributed by atoms with E-state index >= 15 is 0 Å². The zero-order valence-corrected chi connectivity index (χ0v) is 11.7. The standard InChI is InChI=1S/C17H18O3/c1-13(17(18)19-2)15-8-10-16(11-9-15)20-12-14-6-4-3-5-7-14/h3-11,13H,12H2,1-2H3. The van der Waals surface area contributed by atoms with Crippen molar-refractivity contribution < 1.29 is 14.3 Å². The number of carbonyl (C=O) groups excluding carboxylic acids is 1. The zero-order chi connectivity index (χ0) is 14.4. The van der Waals surface area contributed by atoms with Gasteiger partial charge in [0.15, 0.2) is 0 Å². The van der Waals surface area contributed by atoms with E-state index in [9.17, 15) is 4.79 Å². The first-order chi connectivity index (χ1) is 9.70. The van der Waals surface area contributed by atoms with Crippen LogP contribution in [0.4, 0.5) is 0 Å². The summed E-state index contributed by atoms with van der Waals surface area (Å²) in [6.07, 6.45) is 0. The molecule has 0 fully saturated rings. The van der Waals surface area contributed by atoms with Crippen LogP contribution in [0.15, 0.2) is 54.6 Å². The fraction of sp³-hybridized carbons (Fsp3) is 0.235. The molecule has 0 saturated carbocycles. The molecule has 0 radical (unpaired) electrons. The van der Waals surface area contributed by atoms with Gasteiger partial charge in [-0.3, -0.25) is 4.79 Å². The SMILES string of the molecule is COC(=O)C(C)c1ccc(OCc2ccccc2)cc1. The zero-order valence-electron chi connectivity index (χ0n) is 11.7. The topological polar surface area (TPSA) is 35.5 Å². The van der Waals surface area contributed by atoms with E-state index in [1.807, 2.05) is 61.5 Å². The number of hydrogen-bond donors (Lipinski definition) is 0. The number of rotatable bonds is 5. The molecule has 2 rings (SSSR count). The lowest BCUT2D eigenvalue weighted by Gasteiger charge is -2.11. The molecule has 0 aliphatic carbocycles. The summed E-state index contributed by atoms with van der Waals surface area (Å²) in [5.41, 5.74) is 2.04. The third-order valence-corrected chi connectivity index (χ3v) is 3.18. The molecule has 0 bridgehead atoms. The maximum Gasteiger partial charge on any atom is 0.312 e. The molecule has 1 atom stereocenters. The van der Waals surface area contributed by atoms with Crippen LogP contribution in [0.3, 0.4) is 0 Å². The summed E-state index contributed by atoms with van der Waals surface area (Å²) in [5, 5.41) is 0. The van der Waals surface area contributed by atoms with Crippen LogP contribution >= 0.6 is 0 Å². The van der Waals surface area contributed by atoms with Crippen LogP contribution < -0.4 is 4.74 Å². The van der Waals surface area contributed by atoms with E-state index in [-0.39, 0.29) is 11.9 Å². The normalized spacial score (nSPS) is 11.7. The molecule has 0 spiro atoms. The van der Waals surface area contributed by atoms with E-state index in [1.165, 1.54) is 7.11 Å². The van der Waals surface area contributed by atoms with Crippen molar-refractivity contribution in [1.82, 2.24) is 0 Å². The van der Waals surface area contributed by atoms with Crippen molar-refractivity contribution in [3.63, 3.8) is 0 Å². The second-order valence-electron chi connectivity index (χ2n) is 4.59. The Bertz CT molecular complexity index is 546. The second kappa shape index (κ2) is 6.75. The summed E-state index contributed by atoms with van der Waals surface area (Å²) in [7, 11) is 1.40. The quantitative estimate of drug-likeness (QED) is 0.779. The van der Waals surface area contributed by atoms with Gasteiger partial charge in [0, 0.05) is 0 Å². The Morgan fingerprint density at radius 2 is 1.70 bits per heavy atom. The second-order valence-corrected chi connectivity index (χ2v) is 4.59. The molecule has 104 valence electrons. The molecule has 2 aromatic rings. The largest absolute Gasteiger partial charge is 0.489 e. The third kappa shape index (κ3) is 3.60. The van der Waals surface area contributed by atoms with Gasteiger partial charge in [-0.25, -0.2) is 0 Å². The van der Waals surface area contributed by atoms with E-state index in [4.69, 9.17) is 9.47 Å². The molecular formula is C17H18O3. The number of carbonyl (C=O) groups is 1. The van der Waals surface area contributed by atoms with Gasteiger partial charge in [-0.2, -0.15) is 0 Å². The molecular weight excluding hydrogens is 252 g/mol. The molecule has 0 aliphatic rings. The molecule has 2 aromatic carbocycles. The Hall–Kier alpha value is -2.29. The van der Waals surface area contributed by atoms with Crippen molar-refractivity contribution in [2.45, 2.75) is 19.4 Å². The van der Waals surface area contributed by atoms with Gasteiger partial charge < -0.3 is 9.47 Å². The average molecular weight is 270 g/mol. The third-order valence-electron chi connectivity index (χ3n) is 3.18. The summed E-state index contributed by atoms with van der Waals surface area (Å²) < 4.78 is 10.4. The highest BCUT2D eigenvalue weighted by molar-refractivity contribution is 5.77. The summed E-state index contributed by atoms with van der Waals surface area (Å²) in [6, 6.07) is 17.5. The maximum absolute atomic E-state index is 11.5. The van der Waals surface area contributed by atoms with Crippen molar-refractivity contribution in [2.24, 2.45) is 0 Å². The monoisotopic (exact) mass is 270 g/mol. The minimum Gasteiger partial charge on any atom is -0.489 e. The molecule has 20 heavy (non-hydrogen) atoms. The Labute approximate surface area is 119 Å². The lowest BCUT2D eigenvalue weighted by Crippen LogP contribution is -2.10. The van der Waals surface area contributed by atoms with Crippen molar-refractivity contribution >= 4 is 5.97 Å². The molecule has 3 heteroatoms. The molecule has 0 heterocycles. The first-order valence-corrected chi connectivity index (χ1v) is 6.55. The highest BCUT2D eigenvalue weighted by Gasteiger charge is 2.15. The van der Waals surface area contributed by atoms with Crippen LogP contribution in [0.2, 0.25) is 0 Å². The number of hydrogen-bond acceptors (Lipinski definition) is 3. The lowest BCUT2D eigenvalue weighted by molar-refractivity contribution is -0.141. The van der Waals surface area contributed by atoms with E-state index in [1.54, 1.807) is 0 Å². The highest BCUT2D eigenvalue weighted by Crippen LogP contribution is 2.20. The molecule has 1 unspecified atom stereocenters. The highest BCUT2D eigenvalue weighted by atomic mass is 16.5. The first kappa shape index (κ1) is 14.1. The van der Waals surface area contributed by atoms with E-state index in [0.717, 1.165) is 16.9 Å². The van der Waals surface area contributed by atoms with Crippen LogP contribution in [-0.2, 0) is 16.1 Å². The lowest BCUT2D eigenvalue weighted by atomic mass is 10.0.